The largest absolute Gasteiger partial charge is 0.347 e. The van der Waals surface area contributed by atoms with Gasteiger partial charge in [0.05, 0.1) is 10.2 Å². The van der Waals surface area contributed by atoms with Crippen molar-refractivity contribution in [1.29, 1.82) is 0 Å². The van der Waals surface area contributed by atoms with Crippen molar-refractivity contribution in [2.45, 2.75) is 25.3 Å². The number of pyridine rings is 1. The molecule has 1 unspecified atom stereocenters. The van der Waals surface area contributed by atoms with Crippen molar-refractivity contribution < 1.29 is 0 Å². The van der Waals surface area contributed by atoms with Gasteiger partial charge in [0.25, 0.3) is 0 Å². The van der Waals surface area contributed by atoms with Gasteiger partial charge in [-0.3, -0.25) is 4.98 Å². The molecule has 0 amide bonds. The van der Waals surface area contributed by atoms with Gasteiger partial charge in [-0.2, -0.15) is 0 Å². The van der Waals surface area contributed by atoms with Gasteiger partial charge in [-0.25, -0.2) is 9.97 Å². The van der Waals surface area contributed by atoms with Gasteiger partial charge in [0.15, 0.2) is 5.13 Å². The molecule has 1 saturated heterocycles. The first-order chi connectivity index (χ1) is 13.4. The van der Waals surface area contributed by atoms with Gasteiger partial charge in [-0.1, -0.05) is 23.5 Å². The molecule has 5 nitrogen and oxygen atoms in total. The number of hydrogen-bond acceptors (Lipinski definition) is 5. The lowest BCUT2D eigenvalue weighted by Crippen LogP contribution is -2.35. The quantitative estimate of drug-likeness (QED) is 0.533. The van der Waals surface area contributed by atoms with Gasteiger partial charge < -0.3 is 9.47 Å². The van der Waals surface area contributed by atoms with E-state index in [4.69, 9.17) is 9.97 Å². The maximum atomic E-state index is 4.85. The highest BCUT2D eigenvalue weighted by molar-refractivity contribution is 7.22. The highest BCUT2D eigenvalue weighted by Crippen LogP contribution is 2.34. The molecule has 27 heavy (non-hydrogen) atoms. The smallest absolute Gasteiger partial charge is 0.186 e. The van der Waals surface area contributed by atoms with Crippen LogP contribution in [-0.4, -0.2) is 32.6 Å². The molecule has 5 rings (SSSR count). The van der Waals surface area contributed by atoms with Crippen LogP contribution in [0.1, 0.15) is 30.1 Å². The molecule has 1 aliphatic heterocycles. The van der Waals surface area contributed by atoms with Gasteiger partial charge >= 0.3 is 0 Å². The Kier molecular flexibility index (Phi) is 4.33. The predicted octanol–water partition coefficient (Wildman–Crippen LogP) is 4.32. The Morgan fingerprint density at radius 2 is 1.96 bits per heavy atom. The summed E-state index contributed by atoms with van der Waals surface area (Å²) < 4.78 is 3.54. The summed E-state index contributed by atoms with van der Waals surface area (Å²) in [4.78, 5) is 16.1. The Balaban J connectivity index is 1.38. The van der Waals surface area contributed by atoms with Crippen LogP contribution in [0.25, 0.3) is 10.2 Å². The number of benzene rings is 1. The molecule has 0 saturated carbocycles. The topological polar surface area (TPSA) is 46.8 Å². The fourth-order valence-electron chi connectivity index (χ4n) is 3.86. The fraction of sp³-hybridized carbons (Fsp3) is 0.286. The first kappa shape index (κ1) is 16.4. The number of fused-ring (bicyclic) bond motifs is 1. The van der Waals surface area contributed by atoms with Crippen molar-refractivity contribution in [3.8, 4) is 0 Å². The van der Waals surface area contributed by atoms with E-state index in [1.54, 1.807) is 11.3 Å². The Morgan fingerprint density at radius 1 is 1.07 bits per heavy atom. The molecule has 1 aromatic carbocycles. The number of anilines is 1. The second-order valence-electron chi connectivity index (χ2n) is 7.02. The van der Waals surface area contributed by atoms with E-state index in [1.165, 1.54) is 28.9 Å². The molecule has 4 heterocycles. The number of nitrogens with zero attached hydrogens (tertiary/aromatic N) is 5. The van der Waals surface area contributed by atoms with E-state index in [0.717, 1.165) is 30.3 Å². The zero-order chi connectivity index (χ0) is 18.1. The van der Waals surface area contributed by atoms with Crippen LogP contribution in [0.3, 0.4) is 0 Å². The van der Waals surface area contributed by atoms with Gasteiger partial charge in [0, 0.05) is 50.3 Å². The van der Waals surface area contributed by atoms with Crippen LogP contribution in [0, 0.1) is 0 Å². The summed E-state index contributed by atoms with van der Waals surface area (Å²) in [7, 11) is 0. The Morgan fingerprint density at radius 3 is 2.85 bits per heavy atom. The standard InChI is InChI=1S/C21H21N5S/c1-2-6-19-18(5-1)24-21(27-19)26-12-3-4-17(15-26)20-23-11-13-25(20)14-16-7-9-22-10-8-16/h1-2,5-11,13,17H,3-4,12,14-15H2. The highest BCUT2D eigenvalue weighted by Gasteiger charge is 2.26. The Bertz CT molecular complexity index is 1010. The minimum absolute atomic E-state index is 0.433. The van der Waals surface area contributed by atoms with Gasteiger partial charge in [0.2, 0.25) is 0 Å². The van der Waals surface area contributed by atoms with Crippen molar-refractivity contribution >= 4 is 26.7 Å². The van der Waals surface area contributed by atoms with Crippen molar-refractivity contribution in [3.05, 3.63) is 72.6 Å². The number of thiazole rings is 1. The average Bonchev–Trinajstić information content (AvgIpc) is 3.36. The third-order valence-corrected chi connectivity index (χ3v) is 6.29. The molecule has 3 aromatic heterocycles. The summed E-state index contributed by atoms with van der Waals surface area (Å²) in [6.45, 7) is 2.89. The molecule has 0 aliphatic carbocycles. The summed E-state index contributed by atoms with van der Waals surface area (Å²) in [6.07, 6.45) is 10.1. The molecule has 1 atom stereocenters. The second-order valence-corrected chi connectivity index (χ2v) is 8.03. The van der Waals surface area contributed by atoms with Crippen molar-refractivity contribution in [3.63, 3.8) is 0 Å². The van der Waals surface area contributed by atoms with Crippen molar-refractivity contribution in [1.82, 2.24) is 19.5 Å². The van der Waals surface area contributed by atoms with Crippen LogP contribution in [0.2, 0.25) is 0 Å². The molecule has 1 fully saturated rings. The summed E-state index contributed by atoms with van der Waals surface area (Å²) in [6, 6.07) is 12.5. The van der Waals surface area contributed by atoms with E-state index in [9.17, 15) is 0 Å². The molecule has 0 bridgehead atoms. The van der Waals surface area contributed by atoms with E-state index >= 15 is 0 Å². The molecule has 6 heteroatoms. The van der Waals surface area contributed by atoms with Crippen LogP contribution < -0.4 is 4.90 Å². The zero-order valence-electron chi connectivity index (χ0n) is 15.0. The molecule has 0 spiro atoms. The molecule has 4 aromatic rings. The van der Waals surface area contributed by atoms with E-state index < -0.39 is 0 Å². The van der Waals surface area contributed by atoms with Crippen LogP contribution in [-0.2, 0) is 6.54 Å². The first-order valence-corrected chi connectivity index (χ1v) is 10.2. The van der Waals surface area contributed by atoms with Crippen LogP contribution >= 0.6 is 11.3 Å². The lowest BCUT2D eigenvalue weighted by Gasteiger charge is -2.32. The van der Waals surface area contributed by atoms with Crippen LogP contribution in [0.4, 0.5) is 5.13 Å². The number of aromatic nitrogens is 4. The average molecular weight is 376 g/mol. The molecule has 1 aliphatic rings. The normalized spacial score (nSPS) is 17.5. The van der Waals surface area contributed by atoms with E-state index in [2.05, 4.69) is 57.0 Å². The summed E-state index contributed by atoms with van der Waals surface area (Å²) in [5.41, 5.74) is 2.35. The SMILES string of the molecule is c1ccc2sc(N3CCCC(c4nccn4Cc4ccncc4)C3)nc2c1. The summed E-state index contributed by atoms with van der Waals surface area (Å²) in [5.74, 6) is 1.61. The van der Waals surface area contributed by atoms with Gasteiger partial charge in [0.1, 0.15) is 5.82 Å². The van der Waals surface area contributed by atoms with Crippen LogP contribution in [0.15, 0.2) is 61.2 Å². The molecule has 0 radical (unpaired) electrons. The van der Waals surface area contributed by atoms with Crippen LogP contribution in [0.5, 0.6) is 0 Å². The third-order valence-electron chi connectivity index (χ3n) is 5.19. The molecular weight excluding hydrogens is 354 g/mol. The molecule has 136 valence electrons. The second kappa shape index (κ2) is 7.12. The number of piperidine rings is 1. The molecular formula is C21H21N5S. The maximum Gasteiger partial charge on any atom is 0.186 e. The summed E-state index contributed by atoms with van der Waals surface area (Å²) >= 11 is 1.79. The number of hydrogen-bond donors (Lipinski definition) is 0. The zero-order valence-corrected chi connectivity index (χ0v) is 15.8. The minimum atomic E-state index is 0.433. The lowest BCUT2D eigenvalue weighted by atomic mass is 9.97. The highest BCUT2D eigenvalue weighted by atomic mass is 32.1. The number of para-hydroxylation sites is 1. The van der Waals surface area contributed by atoms with E-state index in [-0.39, 0.29) is 0 Å². The fourth-order valence-corrected chi connectivity index (χ4v) is 4.86. The van der Waals surface area contributed by atoms with E-state index in [1.807, 2.05) is 18.6 Å². The Labute approximate surface area is 162 Å². The van der Waals surface area contributed by atoms with Crippen molar-refractivity contribution in [2.75, 3.05) is 18.0 Å². The predicted molar refractivity (Wildman–Crippen MR) is 109 cm³/mol. The first-order valence-electron chi connectivity index (χ1n) is 9.37. The Hall–Kier alpha value is -2.73. The number of imidazole rings is 1. The third kappa shape index (κ3) is 3.32. The van der Waals surface area contributed by atoms with E-state index in [0.29, 0.717) is 5.92 Å². The lowest BCUT2D eigenvalue weighted by molar-refractivity contribution is 0.476. The minimum Gasteiger partial charge on any atom is -0.347 e. The van der Waals surface area contributed by atoms with Crippen molar-refractivity contribution in [2.24, 2.45) is 0 Å². The monoisotopic (exact) mass is 375 g/mol. The molecule has 0 N–H and O–H groups in total. The summed E-state index contributed by atoms with van der Waals surface area (Å²) in [5, 5.41) is 1.13. The number of rotatable bonds is 4. The van der Waals surface area contributed by atoms with Gasteiger partial charge in [-0.15, -0.1) is 0 Å². The maximum absolute atomic E-state index is 4.85. The van der Waals surface area contributed by atoms with Gasteiger partial charge in [-0.05, 0) is 42.7 Å².